The molecule has 0 spiro atoms. The van der Waals surface area contributed by atoms with E-state index in [0.29, 0.717) is 5.84 Å². The highest BCUT2D eigenvalue weighted by molar-refractivity contribution is 5.78. The third-order valence-electron chi connectivity index (χ3n) is 3.62. The minimum absolute atomic E-state index is 0.267. The molecule has 1 aromatic rings. The number of anilines is 1. The van der Waals surface area contributed by atoms with Gasteiger partial charge in [0.15, 0.2) is 0 Å². The molecule has 1 fully saturated rings. The fourth-order valence-electron chi connectivity index (χ4n) is 2.55. The molecule has 0 amide bonds. The summed E-state index contributed by atoms with van der Waals surface area (Å²) < 4.78 is 0. The molecule has 3 heteroatoms. The van der Waals surface area contributed by atoms with Gasteiger partial charge >= 0.3 is 0 Å². The van der Waals surface area contributed by atoms with E-state index in [0.717, 1.165) is 13.0 Å². The molecule has 92 valence electrons. The van der Waals surface area contributed by atoms with Crippen molar-refractivity contribution in [3.8, 4) is 0 Å². The Morgan fingerprint density at radius 1 is 1.41 bits per heavy atom. The Morgan fingerprint density at radius 3 is 2.59 bits per heavy atom. The van der Waals surface area contributed by atoms with E-state index in [-0.39, 0.29) is 5.41 Å². The minimum atomic E-state index is 0.267. The van der Waals surface area contributed by atoms with E-state index < -0.39 is 0 Å². The molecule has 0 radical (unpaired) electrons. The Bertz CT molecular complexity index is 421. The zero-order chi connectivity index (χ0) is 12.5. The van der Waals surface area contributed by atoms with Crippen molar-refractivity contribution < 1.29 is 0 Å². The summed E-state index contributed by atoms with van der Waals surface area (Å²) in [7, 11) is 2.13. The Labute approximate surface area is 103 Å². The molecule has 0 aliphatic heterocycles. The second kappa shape index (κ2) is 4.40. The number of hydrogen-bond acceptors (Lipinski definition) is 2. The van der Waals surface area contributed by atoms with Crippen molar-refractivity contribution in [3.63, 3.8) is 0 Å². The van der Waals surface area contributed by atoms with Gasteiger partial charge < -0.3 is 10.6 Å². The summed E-state index contributed by atoms with van der Waals surface area (Å²) >= 11 is 0. The van der Waals surface area contributed by atoms with Crippen LogP contribution in [0.25, 0.3) is 0 Å². The van der Waals surface area contributed by atoms with Crippen LogP contribution in [0.3, 0.4) is 0 Å². The summed E-state index contributed by atoms with van der Waals surface area (Å²) in [6, 6.07) is 8.42. The van der Waals surface area contributed by atoms with Gasteiger partial charge in [-0.2, -0.15) is 0 Å². The Morgan fingerprint density at radius 2 is 2.06 bits per heavy atom. The van der Waals surface area contributed by atoms with E-state index >= 15 is 0 Å². The fourth-order valence-corrected chi connectivity index (χ4v) is 2.55. The maximum atomic E-state index is 7.44. The third-order valence-corrected chi connectivity index (χ3v) is 3.62. The first kappa shape index (κ1) is 12.0. The first-order valence-corrected chi connectivity index (χ1v) is 6.12. The van der Waals surface area contributed by atoms with Gasteiger partial charge in [0.25, 0.3) is 0 Å². The Kier molecular flexibility index (Phi) is 3.09. The molecule has 0 aromatic heterocycles. The van der Waals surface area contributed by atoms with Gasteiger partial charge in [0.1, 0.15) is 0 Å². The standard InChI is InChI=1S/C14H21N3/c1-11-5-3-4-6-12(11)17(2)10-14(7-8-14)9-13(15)16/h3-6H,7-10H2,1-2H3,(H3,15,16). The highest BCUT2D eigenvalue weighted by atomic mass is 15.1. The largest absolute Gasteiger partial charge is 0.388 e. The number of para-hydroxylation sites is 1. The monoisotopic (exact) mass is 231 g/mol. The van der Waals surface area contributed by atoms with E-state index in [9.17, 15) is 0 Å². The highest BCUT2D eigenvalue weighted by Crippen LogP contribution is 2.49. The van der Waals surface area contributed by atoms with E-state index in [1.807, 2.05) is 0 Å². The molecule has 1 saturated carbocycles. The van der Waals surface area contributed by atoms with Crippen molar-refractivity contribution in [2.24, 2.45) is 11.1 Å². The van der Waals surface area contributed by atoms with Gasteiger partial charge in [-0.1, -0.05) is 18.2 Å². The van der Waals surface area contributed by atoms with Crippen LogP contribution in [0.15, 0.2) is 24.3 Å². The number of nitrogens with two attached hydrogens (primary N) is 1. The first-order chi connectivity index (χ1) is 8.02. The van der Waals surface area contributed by atoms with Crippen LogP contribution in [0.2, 0.25) is 0 Å². The zero-order valence-electron chi connectivity index (χ0n) is 10.7. The van der Waals surface area contributed by atoms with Crippen molar-refractivity contribution in [1.82, 2.24) is 0 Å². The van der Waals surface area contributed by atoms with Crippen LogP contribution in [-0.4, -0.2) is 19.4 Å². The predicted molar refractivity (Wildman–Crippen MR) is 72.6 cm³/mol. The number of aryl methyl sites for hydroxylation is 1. The molecule has 3 N–H and O–H groups in total. The minimum Gasteiger partial charge on any atom is -0.388 e. The lowest BCUT2D eigenvalue weighted by Gasteiger charge is -2.26. The summed E-state index contributed by atoms with van der Waals surface area (Å²) in [4.78, 5) is 2.30. The molecule has 1 aliphatic rings. The predicted octanol–water partition coefficient (Wildman–Crippen LogP) is 2.54. The fraction of sp³-hybridized carbons (Fsp3) is 0.500. The molecular weight excluding hydrogens is 210 g/mol. The lowest BCUT2D eigenvalue weighted by molar-refractivity contribution is 0.529. The summed E-state index contributed by atoms with van der Waals surface area (Å²) in [5, 5.41) is 7.44. The van der Waals surface area contributed by atoms with Gasteiger partial charge in [-0.05, 0) is 36.8 Å². The smallest absolute Gasteiger partial charge is 0.0911 e. The summed E-state index contributed by atoms with van der Waals surface area (Å²) in [6.07, 6.45) is 3.13. The van der Waals surface area contributed by atoms with E-state index in [2.05, 4.69) is 43.1 Å². The van der Waals surface area contributed by atoms with Crippen LogP contribution < -0.4 is 10.6 Å². The quantitative estimate of drug-likeness (QED) is 0.604. The average molecular weight is 231 g/mol. The van der Waals surface area contributed by atoms with Crippen LogP contribution in [0, 0.1) is 17.7 Å². The van der Waals surface area contributed by atoms with Crippen molar-refractivity contribution in [1.29, 1.82) is 5.41 Å². The van der Waals surface area contributed by atoms with Crippen molar-refractivity contribution in [2.75, 3.05) is 18.5 Å². The average Bonchev–Trinajstić information content (AvgIpc) is 2.97. The summed E-state index contributed by atoms with van der Waals surface area (Å²) in [6.45, 7) is 3.13. The molecule has 0 saturated heterocycles. The van der Waals surface area contributed by atoms with Crippen LogP contribution in [0.5, 0.6) is 0 Å². The number of amidine groups is 1. The molecule has 3 nitrogen and oxygen atoms in total. The maximum Gasteiger partial charge on any atom is 0.0911 e. The Hall–Kier alpha value is -1.51. The molecule has 0 heterocycles. The molecule has 2 rings (SSSR count). The molecule has 0 bridgehead atoms. The van der Waals surface area contributed by atoms with Crippen LogP contribution in [0.1, 0.15) is 24.8 Å². The second-order valence-corrected chi connectivity index (χ2v) is 5.34. The van der Waals surface area contributed by atoms with Gasteiger partial charge in [0.2, 0.25) is 0 Å². The van der Waals surface area contributed by atoms with E-state index in [1.165, 1.54) is 24.1 Å². The highest BCUT2D eigenvalue weighted by Gasteiger charge is 2.43. The molecule has 1 aromatic carbocycles. The first-order valence-electron chi connectivity index (χ1n) is 6.12. The topological polar surface area (TPSA) is 53.1 Å². The SMILES string of the molecule is Cc1ccccc1N(C)CC1(CC(=N)N)CC1. The summed E-state index contributed by atoms with van der Waals surface area (Å²) in [5.41, 5.74) is 8.37. The lowest BCUT2D eigenvalue weighted by atomic mass is 10.0. The zero-order valence-corrected chi connectivity index (χ0v) is 10.7. The second-order valence-electron chi connectivity index (χ2n) is 5.34. The van der Waals surface area contributed by atoms with Crippen molar-refractivity contribution in [3.05, 3.63) is 29.8 Å². The third kappa shape index (κ3) is 2.78. The number of nitrogens with zero attached hydrogens (tertiary/aromatic N) is 1. The summed E-state index contributed by atoms with van der Waals surface area (Å²) in [5.74, 6) is 0.320. The Balaban J connectivity index is 2.05. The van der Waals surface area contributed by atoms with Gasteiger partial charge in [0.05, 0.1) is 5.84 Å². The number of benzene rings is 1. The van der Waals surface area contributed by atoms with Crippen LogP contribution in [0.4, 0.5) is 5.69 Å². The van der Waals surface area contributed by atoms with Gasteiger partial charge in [-0.3, -0.25) is 5.41 Å². The molecule has 1 aliphatic carbocycles. The van der Waals surface area contributed by atoms with Gasteiger partial charge in [0, 0.05) is 25.7 Å². The van der Waals surface area contributed by atoms with Gasteiger partial charge in [-0.15, -0.1) is 0 Å². The molecule has 0 atom stereocenters. The van der Waals surface area contributed by atoms with E-state index in [1.54, 1.807) is 0 Å². The van der Waals surface area contributed by atoms with Gasteiger partial charge in [-0.25, -0.2) is 0 Å². The number of rotatable bonds is 5. The van der Waals surface area contributed by atoms with E-state index in [4.69, 9.17) is 11.1 Å². The van der Waals surface area contributed by atoms with Crippen molar-refractivity contribution in [2.45, 2.75) is 26.2 Å². The molecule has 0 unspecified atom stereocenters. The van der Waals surface area contributed by atoms with Crippen molar-refractivity contribution >= 4 is 11.5 Å². The van der Waals surface area contributed by atoms with Crippen LogP contribution >= 0.6 is 0 Å². The lowest BCUT2D eigenvalue weighted by Crippen LogP contribution is -2.30. The molecular formula is C14H21N3. The molecule has 17 heavy (non-hydrogen) atoms. The number of nitrogens with one attached hydrogen (secondary N) is 1. The number of hydrogen-bond donors (Lipinski definition) is 2. The normalized spacial score (nSPS) is 16.6. The van der Waals surface area contributed by atoms with Crippen LogP contribution in [-0.2, 0) is 0 Å². The maximum absolute atomic E-state index is 7.44.